The SMILES string of the molecule is CCc1cccc(C)c1NCC(=O)N1CCN(c2ccccc2F)CC1. The second kappa shape index (κ2) is 8.21. The third kappa shape index (κ3) is 3.98. The number of nitrogens with zero attached hydrogens (tertiary/aromatic N) is 2. The first-order valence-corrected chi connectivity index (χ1v) is 9.19. The van der Waals surface area contributed by atoms with E-state index in [2.05, 4.69) is 31.3 Å². The molecule has 1 fully saturated rings. The minimum atomic E-state index is -0.208. The van der Waals surface area contributed by atoms with E-state index in [-0.39, 0.29) is 18.3 Å². The highest BCUT2D eigenvalue weighted by molar-refractivity contribution is 5.81. The highest BCUT2D eigenvalue weighted by atomic mass is 19.1. The largest absolute Gasteiger partial charge is 0.376 e. The first-order chi connectivity index (χ1) is 12.6. The van der Waals surface area contributed by atoms with Crippen LogP contribution in [0.3, 0.4) is 0 Å². The molecule has 1 amide bonds. The van der Waals surface area contributed by atoms with Crippen LogP contribution in [0.1, 0.15) is 18.1 Å². The molecule has 0 aliphatic carbocycles. The molecule has 0 radical (unpaired) electrons. The number of amides is 1. The molecule has 1 saturated heterocycles. The molecule has 0 unspecified atom stereocenters. The highest BCUT2D eigenvalue weighted by Crippen LogP contribution is 2.22. The third-order valence-electron chi connectivity index (χ3n) is 4.98. The third-order valence-corrected chi connectivity index (χ3v) is 4.98. The van der Waals surface area contributed by atoms with Crippen LogP contribution in [0.4, 0.5) is 15.8 Å². The summed E-state index contributed by atoms with van der Waals surface area (Å²) in [6, 6.07) is 13.0. The Labute approximate surface area is 154 Å². The Morgan fingerprint density at radius 2 is 1.81 bits per heavy atom. The van der Waals surface area contributed by atoms with Gasteiger partial charge in [0.2, 0.25) is 5.91 Å². The summed E-state index contributed by atoms with van der Waals surface area (Å²) in [4.78, 5) is 16.4. The van der Waals surface area contributed by atoms with Crippen LogP contribution in [0.5, 0.6) is 0 Å². The number of carbonyl (C=O) groups excluding carboxylic acids is 1. The van der Waals surface area contributed by atoms with E-state index < -0.39 is 0 Å². The van der Waals surface area contributed by atoms with Gasteiger partial charge in [0.1, 0.15) is 5.82 Å². The molecule has 2 aromatic carbocycles. The summed E-state index contributed by atoms with van der Waals surface area (Å²) in [7, 11) is 0. The second-order valence-corrected chi connectivity index (χ2v) is 6.64. The van der Waals surface area contributed by atoms with Crippen LogP contribution < -0.4 is 10.2 Å². The molecule has 5 heteroatoms. The molecule has 0 spiro atoms. The maximum atomic E-state index is 13.9. The number of carbonyl (C=O) groups is 1. The predicted octanol–water partition coefficient (Wildman–Crippen LogP) is 3.46. The average Bonchev–Trinajstić information content (AvgIpc) is 2.67. The number of rotatable bonds is 5. The van der Waals surface area contributed by atoms with Crippen molar-refractivity contribution in [2.45, 2.75) is 20.3 Å². The monoisotopic (exact) mass is 355 g/mol. The molecule has 1 N–H and O–H groups in total. The van der Waals surface area contributed by atoms with Gasteiger partial charge in [-0.25, -0.2) is 4.39 Å². The van der Waals surface area contributed by atoms with Crippen LogP contribution in [0, 0.1) is 12.7 Å². The molecule has 0 saturated carbocycles. The Morgan fingerprint density at radius 3 is 2.50 bits per heavy atom. The summed E-state index contributed by atoms with van der Waals surface area (Å²) in [5, 5.41) is 3.32. The number of halogens is 1. The fourth-order valence-corrected chi connectivity index (χ4v) is 3.46. The molecule has 26 heavy (non-hydrogen) atoms. The lowest BCUT2D eigenvalue weighted by Gasteiger charge is -2.36. The summed E-state index contributed by atoms with van der Waals surface area (Å²) in [5.41, 5.74) is 4.06. The molecule has 0 atom stereocenters. The molecule has 3 rings (SSSR count). The van der Waals surface area contributed by atoms with Crippen molar-refractivity contribution >= 4 is 17.3 Å². The summed E-state index contributed by atoms with van der Waals surface area (Å²) in [5.74, 6) is -0.121. The first kappa shape index (κ1) is 18.2. The van der Waals surface area contributed by atoms with Crippen molar-refractivity contribution in [1.29, 1.82) is 0 Å². The van der Waals surface area contributed by atoms with Crippen molar-refractivity contribution in [3.8, 4) is 0 Å². The molecule has 138 valence electrons. The summed E-state index contributed by atoms with van der Waals surface area (Å²) < 4.78 is 13.9. The van der Waals surface area contributed by atoms with E-state index in [1.54, 1.807) is 12.1 Å². The van der Waals surface area contributed by atoms with Crippen LogP contribution in [-0.4, -0.2) is 43.5 Å². The van der Waals surface area contributed by atoms with Gasteiger partial charge in [-0.2, -0.15) is 0 Å². The van der Waals surface area contributed by atoms with Gasteiger partial charge in [-0.3, -0.25) is 4.79 Å². The molecular weight excluding hydrogens is 329 g/mol. The quantitative estimate of drug-likeness (QED) is 0.892. The molecule has 1 aliphatic heterocycles. The number of benzene rings is 2. The topological polar surface area (TPSA) is 35.6 Å². The van der Waals surface area contributed by atoms with Crippen molar-refractivity contribution in [2.24, 2.45) is 0 Å². The predicted molar refractivity (Wildman–Crippen MR) is 104 cm³/mol. The minimum absolute atomic E-state index is 0.0866. The van der Waals surface area contributed by atoms with E-state index in [0.717, 1.165) is 17.7 Å². The van der Waals surface area contributed by atoms with E-state index in [1.165, 1.54) is 11.6 Å². The van der Waals surface area contributed by atoms with Crippen LogP contribution in [0.2, 0.25) is 0 Å². The molecule has 1 aliphatic rings. The van der Waals surface area contributed by atoms with Crippen molar-refractivity contribution in [3.05, 3.63) is 59.4 Å². The Morgan fingerprint density at radius 1 is 1.08 bits per heavy atom. The maximum absolute atomic E-state index is 13.9. The van der Waals surface area contributed by atoms with Crippen LogP contribution in [0.15, 0.2) is 42.5 Å². The van der Waals surface area contributed by atoms with E-state index in [9.17, 15) is 9.18 Å². The number of para-hydroxylation sites is 2. The van der Waals surface area contributed by atoms with Crippen LogP contribution in [0.25, 0.3) is 0 Å². The van der Waals surface area contributed by atoms with Crippen molar-refractivity contribution in [1.82, 2.24) is 4.90 Å². The Bertz CT molecular complexity index is 770. The van der Waals surface area contributed by atoms with Crippen molar-refractivity contribution < 1.29 is 9.18 Å². The van der Waals surface area contributed by atoms with Gasteiger partial charge < -0.3 is 15.1 Å². The van der Waals surface area contributed by atoms with Gasteiger partial charge in [-0.05, 0) is 36.6 Å². The van der Waals surface area contributed by atoms with Gasteiger partial charge in [0.05, 0.1) is 12.2 Å². The lowest BCUT2D eigenvalue weighted by molar-refractivity contribution is -0.129. The van der Waals surface area contributed by atoms with Gasteiger partial charge in [0, 0.05) is 31.9 Å². The number of hydrogen-bond donors (Lipinski definition) is 1. The molecule has 0 bridgehead atoms. The normalized spacial score (nSPS) is 14.4. The van der Waals surface area contributed by atoms with Crippen LogP contribution >= 0.6 is 0 Å². The fourth-order valence-electron chi connectivity index (χ4n) is 3.46. The zero-order valence-electron chi connectivity index (χ0n) is 15.5. The molecule has 4 nitrogen and oxygen atoms in total. The lowest BCUT2D eigenvalue weighted by Crippen LogP contribution is -2.50. The molecule has 2 aromatic rings. The zero-order valence-corrected chi connectivity index (χ0v) is 15.5. The number of anilines is 2. The minimum Gasteiger partial charge on any atom is -0.376 e. The maximum Gasteiger partial charge on any atom is 0.241 e. The van der Waals surface area contributed by atoms with Gasteiger partial charge >= 0.3 is 0 Å². The van der Waals surface area contributed by atoms with Gasteiger partial charge in [-0.1, -0.05) is 37.3 Å². The van der Waals surface area contributed by atoms with E-state index in [4.69, 9.17) is 0 Å². The van der Waals surface area contributed by atoms with Crippen LogP contribution in [-0.2, 0) is 11.2 Å². The second-order valence-electron chi connectivity index (χ2n) is 6.64. The molecule has 1 heterocycles. The summed E-state index contributed by atoms with van der Waals surface area (Å²) in [6.45, 7) is 6.99. The number of hydrogen-bond acceptors (Lipinski definition) is 3. The zero-order chi connectivity index (χ0) is 18.5. The van der Waals surface area contributed by atoms with E-state index in [1.807, 2.05) is 21.9 Å². The number of piperazine rings is 1. The van der Waals surface area contributed by atoms with Crippen molar-refractivity contribution in [2.75, 3.05) is 42.9 Å². The first-order valence-electron chi connectivity index (χ1n) is 9.19. The van der Waals surface area contributed by atoms with Crippen molar-refractivity contribution in [3.63, 3.8) is 0 Å². The van der Waals surface area contributed by atoms with E-state index >= 15 is 0 Å². The Kier molecular flexibility index (Phi) is 5.76. The van der Waals surface area contributed by atoms with Gasteiger partial charge in [-0.15, -0.1) is 0 Å². The number of aryl methyl sites for hydroxylation is 2. The molecular formula is C21H26FN3O. The highest BCUT2D eigenvalue weighted by Gasteiger charge is 2.22. The van der Waals surface area contributed by atoms with E-state index in [0.29, 0.717) is 31.9 Å². The average molecular weight is 355 g/mol. The summed E-state index contributed by atoms with van der Waals surface area (Å²) >= 11 is 0. The van der Waals surface area contributed by atoms with Gasteiger partial charge in [0.25, 0.3) is 0 Å². The Balaban J connectivity index is 1.55. The summed E-state index contributed by atoms with van der Waals surface area (Å²) in [6.07, 6.45) is 0.930. The Hall–Kier alpha value is -2.56. The lowest BCUT2D eigenvalue weighted by atomic mass is 10.1. The number of nitrogens with one attached hydrogen (secondary N) is 1. The smallest absolute Gasteiger partial charge is 0.241 e. The molecule has 0 aromatic heterocycles. The van der Waals surface area contributed by atoms with Gasteiger partial charge in [0.15, 0.2) is 0 Å². The standard InChI is InChI=1S/C21H26FN3O/c1-3-17-8-6-7-16(2)21(17)23-15-20(26)25-13-11-24(12-14-25)19-10-5-4-9-18(19)22/h4-10,23H,3,11-15H2,1-2H3. The fraction of sp³-hybridized carbons (Fsp3) is 0.381.